The van der Waals surface area contributed by atoms with E-state index in [2.05, 4.69) is 9.97 Å². The lowest BCUT2D eigenvalue weighted by atomic mass is 10.1. The van der Waals surface area contributed by atoms with Crippen LogP contribution in [0.5, 0.6) is 0 Å². The number of H-pyrrole nitrogens is 1. The van der Waals surface area contributed by atoms with Crippen LogP contribution in [0.3, 0.4) is 0 Å². The summed E-state index contributed by atoms with van der Waals surface area (Å²) >= 11 is 1.14. The van der Waals surface area contributed by atoms with Gasteiger partial charge in [0.1, 0.15) is 0 Å². The highest BCUT2D eigenvalue weighted by molar-refractivity contribution is 7.99. The van der Waals surface area contributed by atoms with Crippen molar-refractivity contribution in [3.05, 3.63) is 57.5 Å². The average molecular weight is 301 g/mol. The van der Waals surface area contributed by atoms with Gasteiger partial charge in [-0.05, 0) is 19.1 Å². The molecule has 1 aromatic heterocycles. The number of hydrogen-bond donors (Lipinski definition) is 1. The van der Waals surface area contributed by atoms with Crippen LogP contribution in [-0.4, -0.2) is 32.6 Å². The van der Waals surface area contributed by atoms with E-state index in [1.165, 1.54) is 6.07 Å². The molecular weight excluding hydrogens is 290 g/mol. The number of carbonyl (C=O) groups is 2. The molecule has 0 saturated carbocycles. The summed E-state index contributed by atoms with van der Waals surface area (Å²) in [6.07, 6.45) is 0. The van der Waals surface area contributed by atoms with Crippen LogP contribution in [0.25, 0.3) is 0 Å². The average Bonchev–Trinajstić information content (AvgIpc) is 2.69. The minimum absolute atomic E-state index is 0.110. The molecule has 1 aliphatic heterocycles. The normalized spacial score (nSPS) is 13.7. The largest absolute Gasteiger partial charge is 0.301 e. The smallest absolute Gasteiger partial charge is 0.262 e. The minimum atomic E-state index is -0.321. The number of aryl methyl sites for hydroxylation is 1. The van der Waals surface area contributed by atoms with Crippen LogP contribution in [0.2, 0.25) is 0 Å². The maximum absolute atomic E-state index is 12.2. The molecule has 0 aliphatic carbocycles. The van der Waals surface area contributed by atoms with Gasteiger partial charge in [0.15, 0.2) is 5.16 Å². The number of nitrogens with one attached hydrogen (secondary N) is 1. The van der Waals surface area contributed by atoms with Crippen molar-refractivity contribution in [3.8, 4) is 0 Å². The summed E-state index contributed by atoms with van der Waals surface area (Å²) in [6.45, 7) is 1.71. The molecule has 6 nitrogen and oxygen atoms in total. The number of imide groups is 1. The number of amides is 2. The summed E-state index contributed by atoms with van der Waals surface area (Å²) in [5.41, 5.74) is 1.15. The molecule has 0 bridgehead atoms. The number of aromatic amines is 1. The third-order valence-electron chi connectivity index (χ3n) is 3.06. The highest BCUT2D eigenvalue weighted by Gasteiger charge is 2.34. The van der Waals surface area contributed by atoms with Gasteiger partial charge in [-0.2, -0.15) is 0 Å². The zero-order valence-corrected chi connectivity index (χ0v) is 11.9. The fourth-order valence-electron chi connectivity index (χ4n) is 2.10. The summed E-state index contributed by atoms with van der Waals surface area (Å²) in [5, 5.41) is 0.386. The molecule has 1 N–H and O–H groups in total. The van der Waals surface area contributed by atoms with Crippen molar-refractivity contribution in [2.24, 2.45) is 0 Å². The summed E-state index contributed by atoms with van der Waals surface area (Å²) in [4.78, 5) is 43.6. The number of rotatable bonds is 3. The molecular formula is C14H11N3O3S. The van der Waals surface area contributed by atoms with Crippen molar-refractivity contribution < 1.29 is 9.59 Å². The third kappa shape index (κ3) is 2.47. The Morgan fingerprint density at radius 1 is 1.14 bits per heavy atom. The quantitative estimate of drug-likeness (QED) is 0.527. The molecule has 21 heavy (non-hydrogen) atoms. The highest BCUT2D eigenvalue weighted by Crippen LogP contribution is 2.25. The zero-order valence-electron chi connectivity index (χ0n) is 11.1. The van der Waals surface area contributed by atoms with Gasteiger partial charge in [0.2, 0.25) is 0 Å². The molecule has 106 valence electrons. The molecule has 1 aromatic carbocycles. The Kier molecular flexibility index (Phi) is 3.34. The first kappa shape index (κ1) is 13.6. The van der Waals surface area contributed by atoms with E-state index >= 15 is 0 Å². The maximum atomic E-state index is 12.2. The summed E-state index contributed by atoms with van der Waals surface area (Å²) in [6, 6.07) is 8.09. The van der Waals surface area contributed by atoms with Crippen LogP contribution in [0.1, 0.15) is 26.4 Å². The zero-order chi connectivity index (χ0) is 15.0. The Morgan fingerprint density at radius 3 is 2.33 bits per heavy atom. The molecule has 3 rings (SSSR count). The lowest BCUT2D eigenvalue weighted by Gasteiger charge is -2.12. The van der Waals surface area contributed by atoms with Crippen LogP contribution < -0.4 is 5.56 Å². The van der Waals surface area contributed by atoms with Crippen molar-refractivity contribution in [2.75, 3.05) is 5.88 Å². The SMILES string of the molecule is Cc1cc(=O)[nH]c(SCN2C(=O)c3ccccc3C2=O)n1. The maximum Gasteiger partial charge on any atom is 0.262 e. The fourth-order valence-corrected chi connectivity index (χ4v) is 2.97. The van der Waals surface area contributed by atoms with E-state index in [1.807, 2.05) is 0 Å². The van der Waals surface area contributed by atoms with Gasteiger partial charge in [0, 0.05) is 11.8 Å². The number of nitrogens with zero attached hydrogens (tertiary/aromatic N) is 2. The van der Waals surface area contributed by atoms with E-state index in [0.29, 0.717) is 22.0 Å². The number of benzene rings is 1. The topological polar surface area (TPSA) is 83.1 Å². The molecule has 0 saturated heterocycles. The molecule has 0 spiro atoms. The first-order chi connectivity index (χ1) is 10.1. The highest BCUT2D eigenvalue weighted by atomic mass is 32.2. The van der Waals surface area contributed by atoms with Crippen molar-refractivity contribution in [1.82, 2.24) is 14.9 Å². The second-order valence-corrected chi connectivity index (χ2v) is 5.48. The van der Waals surface area contributed by atoms with Crippen LogP contribution in [0, 0.1) is 6.92 Å². The Bertz CT molecular complexity index is 765. The van der Waals surface area contributed by atoms with Gasteiger partial charge in [0.25, 0.3) is 17.4 Å². The number of carbonyl (C=O) groups excluding carboxylic acids is 2. The lowest BCUT2D eigenvalue weighted by molar-refractivity contribution is 0.0684. The van der Waals surface area contributed by atoms with Crippen molar-refractivity contribution in [1.29, 1.82) is 0 Å². The number of thioether (sulfide) groups is 1. The van der Waals surface area contributed by atoms with Crippen molar-refractivity contribution >= 4 is 23.6 Å². The number of hydrogen-bond acceptors (Lipinski definition) is 5. The van der Waals surface area contributed by atoms with Crippen LogP contribution in [-0.2, 0) is 0 Å². The van der Waals surface area contributed by atoms with Gasteiger partial charge < -0.3 is 4.98 Å². The Labute approximate surface area is 124 Å². The second-order valence-electron chi connectivity index (χ2n) is 4.55. The molecule has 0 unspecified atom stereocenters. The molecule has 0 atom stereocenters. The lowest BCUT2D eigenvalue weighted by Crippen LogP contribution is -2.29. The predicted octanol–water partition coefficient (Wildman–Crippen LogP) is 1.42. The molecule has 0 radical (unpaired) electrons. The van der Waals surface area contributed by atoms with Crippen molar-refractivity contribution in [2.45, 2.75) is 12.1 Å². The number of aromatic nitrogens is 2. The molecule has 2 aromatic rings. The number of fused-ring (bicyclic) bond motifs is 1. The van der Waals surface area contributed by atoms with E-state index < -0.39 is 0 Å². The standard InChI is InChI=1S/C14H11N3O3S/c1-8-6-11(18)16-14(15-8)21-7-17-12(19)9-4-2-3-5-10(9)13(17)20/h2-6H,7H2,1H3,(H,15,16,18). The molecule has 2 heterocycles. The van der Waals surface area contributed by atoms with Crippen LogP contribution in [0.15, 0.2) is 40.3 Å². The Morgan fingerprint density at radius 2 is 1.76 bits per heavy atom. The van der Waals surface area contributed by atoms with Crippen molar-refractivity contribution in [3.63, 3.8) is 0 Å². The molecule has 7 heteroatoms. The van der Waals surface area contributed by atoms with Gasteiger partial charge in [-0.3, -0.25) is 19.3 Å². The summed E-state index contributed by atoms with van der Waals surface area (Å²) in [5.74, 6) is -0.533. The van der Waals surface area contributed by atoms with Gasteiger partial charge in [-0.1, -0.05) is 23.9 Å². The Hall–Kier alpha value is -2.41. The minimum Gasteiger partial charge on any atom is -0.301 e. The van der Waals surface area contributed by atoms with E-state index in [0.717, 1.165) is 16.7 Å². The van der Waals surface area contributed by atoms with Gasteiger partial charge in [-0.25, -0.2) is 4.98 Å². The van der Waals surface area contributed by atoms with E-state index in [9.17, 15) is 14.4 Å². The summed E-state index contributed by atoms with van der Waals surface area (Å²) < 4.78 is 0. The first-order valence-corrected chi connectivity index (χ1v) is 7.21. The second kappa shape index (κ2) is 5.17. The molecule has 0 fully saturated rings. The third-order valence-corrected chi connectivity index (χ3v) is 3.91. The Balaban J connectivity index is 1.79. The van der Waals surface area contributed by atoms with Gasteiger partial charge >= 0.3 is 0 Å². The van der Waals surface area contributed by atoms with Crippen LogP contribution >= 0.6 is 11.8 Å². The summed E-state index contributed by atoms with van der Waals surface area (Å²) in [7, 11) is 0. The van der Waals surface area contributed by atoms with E-state index in [-0.39, 0.29) is 23.3 Å². The van der Waals surface area contributed by atoms with Crippen LogP contribution in [0.4, 0.5) is 0 Å². The van der Waals surface area contributed by atoms with Gasteiger partial charge in [0.05, 0.1) is 17.0 Å². The predicted molar refractivity (Wildman–Crippen MR) is 77.3 cm³/mol. The molecule has 2 amide bonds. The monoisotopic (exact) mass is 301 g/mol. The molecule has 1 aliphatic rings. The van der Waals surface area contributed by atoms with Gasteiger partial charge in [-0.15, -0.1) is 0 Å². The fraction of sp³-hybridized carbons (Fsp3) is 0.143. The first-order valence-electron chi connectivity index (χ1n) is 6.22. The van der Waals surface area contributed by atoms with E-state index in [4.69, 9.17) is 0 Å². The van der Waals surface area contributed by atoms with E-state index in [1.54, 1.807) is 31.2 Å².